The van der Waals surface area contributed by atoms with Crippen molar-refractivity contribution >= 4 is 0 Å². The number of nitrogens with two attached hydrogens (primary N) is 1. The number of nitrogens with zero attached hydrogens (tertiary/aromatic N) is 2. The molecule has 3 heteroatoms. The van der Waals surface area contributed by atoms with Crippen LogP contribution in [0.2, 0.25) is 0 Å². The summed E-state index contributed by atoms with van der Waals surface area (Å²) in [5.41, 5.74) is 6.61. The smallest absolute Gasteiger partial charge is 0.0361 e. The summed E-state index contributed by atoms with van der Waals surface area (Å²) < 4.78 is 0. The highest BCUT2D eigenvalue weighted by atomic mass is 15.3. The van der Waals surface area contributed by atoms with E-state index < -0.39 is 0 Å². The lowest BCUT2D eigenvalue weighted by atomic mass is 9.81. The molecular formula is C16H31N3. The third kappa shape index (κ3) is 2.34. The normalized spacial score (nSPS) is 44.1. The Hall–Kier alpha value is -0.120. The van der Waals surface area contributed by atoms with Crippen molar-refractivity contribution in [2.45, 2.75) is 69.5 Å². The van der Waals surface area contributed by atoms with Crippen LogP contribution < -0.4 is 5.73 Å². The zero-order valence-corrected chi connectivity index (χ0v) is 12.8. The van der Waals surface area contributed by atoms with Crippen molar-refractivity contribution < 1.29 is 0 Å². The average Bonchev–Trinajstić information content (AvgIpc) is 2.94. The van der Waals surface area contributed by atoms with Gasteiger partial charge in [-0.05, 0) is 58.0 Å². The van der Waals surface area contributed by atoms with Crippen molar-refractivity contribution in [3.63, 3.8) is 0 Å². The zero-order valence-electron chi connectivity index (χ0n) is 12.8. The molecular weight excluding hydrogens is 234 g/mol. The summed E-state index contributed by atoms with van der Waals surface area (Å²) in [7, 11) is 2.33. The standard InChI is InChI=1S/C16H31N3/c1-3-4-13-7-8-19(11-13)16(12-17)9-14-5-6-15(10-16)18(14)2/h13-15H,3-12,17H2,1-2H3. The molecule has 3 unspecified atom stereocenters. The number of hydrogen-bond acceptors (Lipinski definition) is 3. The largest absolute Gasteiger partial charge is 0.329 e. The molecule has 0 radical (unpaired) electrons. The third-order valence-corrected chi connectivity index (χ3v) is 6.25. The van der Waals surface area contributed by atoms with Gasteiger partial charge in [0.15, 0.2) is 0 Å². The van der Waals surface area contributed by atoms with E-state index in [-0.39, 0.29) is 0 Å². The molecule has 3 aliphatic rings. The molecule has 0 aromatic rings. The molecule has 0 aromatic carbocycles. The SMILES string of the molecule is CCCC1CCN(C2(CN)CC3CCC(C2)N3C)C1. The van der Waals surface area contributed by atoms with Gasteiger partial charge in [-0.3, -0.25) is 4.90 Å². The Balaban J connectivity index is 1.71. The van der Waals surface area contributed by atoms with Crippen LogP contribution in [0.5, 0.6) is 0 Å². The van der Waals surface area contributed by atoms with Crippen LogP contribution >= 0.6 is 0 Å². The van der Waals surface area contributed by atoms with E-state index in [2.05, 4.69) is 23.8 Å². The van der Waals surface area contributed by atoms with Gasteiger partial charge in [0.25, 0.3) is 0 Å². The van der Waals surface area contributed by atoms with Gasteiger partial charge >= 0.3 is 0 Å². The minimum Gasteiger partial charge on any atom is -0.329 e. The highest BCUT2D eigenvalue weighted by Gasteiger charge is 2.50. The molecule has 2 N–H and O–H groups in total. The topological polar surface area (TPSA) is 32.5 Å². The van der Waals surface area contributed by atoms with Gasteiger partial charge in [0.2, 0.25) is 0 Å². The summed E-state index contributed by atoms with van der Waals surface area (Å²) in [5, 5.41) is 0. The number of hydrogen-bond donors (Lipinski definition) is 1. The van der Waals surface area contributed by atoms with Crippen molar-refractivity contribution in [1.82, 2.24) is 9.80 Å². The molecule has 0 aromatic heterocycles. The van der Waals surface area contributed by atoms with Gasteiger partial charge < -0.3 is 10.6 Å². The van der Waals surface area contributed by atoms with Crippen molar-refractivity contribution in [3.8, 4) is 0 Å². The molecule has 3 atom stereocenters. The highest BCUT2D eigenvalue weighted by molar-refractivity contribution is 5.07. The number of likely N-dealkylation sites (tertiary alicyclic amines) is 1. The Labute approximate surface area is 118 Å². The summed E-state index contributed by atoms with van der Waals surface area (Å²) in [6.45, 7) is 5.79. The fourth-order valence-electron chi connectivity index (χ4n) is 5.00. The molecule has 19 heavy (non-hydrogen) atoms. The van der Waals surface area contributed by atoms with Crippen LogP contribution in [0, 0.1) is 5.92 Å². The van der Waals surface area contributed by atoms with Gasteiger partial charge in [0.05, 0.1) is 0 Å². The summed E-state index contributed by atoms with van der Waals surface area (Å²) in [6, 6.07) is 1.60. The first kappa shape index (κ1) is 13.8. The molecule has 3 aliphatic heterocycles. The van der Waals surface area contributed by atoms with E-state index in [1.807, 2.05) is 0 Å². The van der Waals surface area contributed by atoms with Gasteiger partial charge in [0, 0.05) is 30.7 Å². The molecule has 3 rings (SSSR count). The summed E-state index contributed by atoms with van der Waals surface area (Å²) >= 11 is 0. The van der Waals surface area contributed by atoms with Gasteiger partial charge in [-0.25, -0.2) is 0 Å². The van der Waals surface area contributed by atoms with Crippen LogP contribution in [0.3, 0.4) is 0 Å². The molecule has 2 bridgehead atoms. The molecule has 110 valence electrons. The first-order valence-electron chi connectivity index (χ1n) is 8.35. The maximum absolute atomic E-state index is 6.27. The summed E-state index contributed by atoms with van der Waals surface area (Å²) in [6.07, 6.45) is 9.57. The van der Waals surface area contributed by atoms with Crippen molar-refractivity contribution in [2.24, 2.45) is 11.7 Å². The van der Waals surface area contributed by atoms with E-state index in [0.29, 0.717) is 5.54 Å². The van der Waals surface area contributed by atoms with E-state index in [0.717, 1.165) is 24.5 Å². The Kier molecular flexibility index (Phi) is 3.89. The molecule has 0 aliphatic carbocycles. The molecule has 3 nitrogen and oxygen atoms in total. The first-order valence-corrected chi connectivity index (χ1v) is 8.35. The molecule has 3 heterocycles. The Morgan fingerprint density at radius 1 is 1.16 bits per heavy atom. The zero-order chi connectivity index (χ0) is 13.5. The predicted octanol–water partition coefficient (Wildman–Crippen LogP) is 2.06. The maximum Gasteiger partial charge on any atom is 0.0361 e. The lowest BCUT2D eigenvalue weighted by Gasteiger charge is -2.50. The first-order chi connectivity index (χ1) is 9.18. The predicted molar refractivity (Wildman–Crippen MR) is 80.2 cm³/mol. The van der Waals surface area contributed by atoms with Crippen LogP contribution in [0.1, 0.15) is 51.9 Å². The van der Waals surface area contributed by atoms with Crippen LogP contribution in [0.25, 0.3) is 0 Å². The summed E-state index contributed by atoms with van der Waals surface area (Å²) in [5.74, 6) is 0.936. The maximum atomic E-state index is 6.27. The van der Waals surface area contributed by atoms with Crippen molar-refractivity contribution in [1.29, 1.82) is 0 Å². The van der Waals surface area contributed by atoms with Crippen LogP contribution in [-0.2, 0) is 0 Å². The highest BCUT2D eigenvalue weighted by Crippen LogP contribution is 2.44. The average molecular weight is 265 g/mol. The Morgan fingerprint density at radius 3 is 2.42 bits per heavy atom. The second-order valence-corrected chi connectivity index (χ2v) is 7.28. The van der Waals surface area contributed by atoms with Crippen molar-refractivity contribution in [2.75, 3.05) is 26.7 Å². The van der Waals surface area contributed by atoms with E-state index in [1.165, 1.54) is 58.0 Å². The molecule has 0 amide bonds. The lowest BCUT2D eigenvalue weighted by molar-refractivity contribution is 0.0125. The number of rotatable bonds is 4. The molecule has 0 saturated carbocycles. The molecule has 3 saturated heterocycles. The lowest BCUT2D eigenvalue weighted by Crippen LogP contribution is -2.61. The Morgan fingerprint density at radius 2 is 1.84 bits per heavy atom. The number of fused-ring (bicyclic) bond motifs is 2. The molecule has 0 spiro atoms. The van der Waals surface area contributed by atoms with Gasteiger partial charge in [-0.1, -0.05) is 13.3 Å². The van der Waals surface area contributed by atoms with Crippen LogP contribution in [0.4, 0.5) is 0 Å². The monoisotopic (exact) mass is 265 g/mol. The van der Waals surface area contributed by atoms with E-state index in [4.69, 9.17) is 5.73 Å². The minimum absolute atomic E-state index is 0.334. The molecule has 3 fully saturated rings. The van der Waals surface area contributed by atoms with Gasteiger partial charge in [-0.15, -0.1) is 0 Å². The van der Waals surface area contributed by atoms with Gasteiger partial charge in [0.1, 0.15) is 0 Å². The van der Waals surface area contributed by atoms with Crippen molar-refractivity contribution in [3.05, 3.63) is 0 Å². The fourth-order valence-corrected chi connectivity index (χ4v) is 5.00. The van der Waals surface area contributed by atoms with E-state index >= 15 is 0 Å². The van der Waals surface area contributed by atoms with E-state index in [1.54, 1.807) is 0 Å². The second kappa shape index (κ2) is 5.34. The third-order valence-electron chi connectivity index (χ3n) is 6.25. The van der Waals surface area contributed by atoms with E-state index in [9.17, 15) is 0 Å². The fraction of sp³-hybridized carbons (Fsp3) is 1.00. The van der Waals surface area contributed by atoms with Gasteiger partial charge in [-0.2, -0.15) is 0 Å². The Bertz CT molecular complexity index is 303. The second-order valence-electron chi connectivity index (χ2n) is 7.28. The minimum atomic E-state index is 0.334. The summed E-state index contributed by atoms with van der Waals surface area (Å²) in [4.78, 5) is 5.42. The van der Waals surface area contributed by atoms with Crippen LogP contribution in [-0.4, -0.2) is 54.1 Å². The van der Waals surface area contributed by atoms with Crippen LogP contribution in [0.15, 0.2) is 0 Å². The quantitative estimate of drug-likeness (QED) is 0.844. The number of piperidine rings is 1.